The van der Waals surface area contributed by atoms with Crippen LogP contribution in [-0.2, 0) is 0 Å². The maximum absolute atomic E-state index is 12.9. The molecule has 5 heteroatoms. The summed E-state index contributed by atoms with van der Waals surface area (Å²) in [5.74, 6) is -0.382. The molecule has 0 saturated carbocycles. The molecule has 1 aromatic rings. The normalized spacial score (nSPS) is 15.6. The molecule has 0 fully saturated rings. The van der Waals surface area contributed by atoms with Gasteiger partial charge in [0.2, 0.25) is 0 Å². The van der Waals surface area contributed by atoms with Gasteiger partial charge in [0.25, 0.3) is 6.43 Å². The maximum Gasteiger partial charge on any atom is 0.256 e. The van der Waals surface area contributed by atoms with E-state index in [2.05, 4.69) is 6.58 Å². The van der Waals surface area contributed by atoms with E-state index in [4.69, 9.17) is 11.6 Å². The van der Waals surface area contributed by atoms with Gasteiger partial charge in [-0.3, -0.25) is 0 Å². The first-order valence-corrected chi connectivity index (χ1v) is 5.95. The molecule has 1 aromatic carbocycles. The standard InChI is InChI=1S/C14H11ClF3N/c1-9-12(15)6-7-13(19(9)8-14(17)18)10-2-4-11(16)5-3-10/h2-7,14H,1,8H2. The van der Waals surface area contributed by atoms with Crippen molar-refractivity contribution in [3.63, 3.8) is 0 Å². The van der Waals surface area contributed by atoms with E-state index in [0.717, 1.165) is 0 Å². The van der Waals surface area contributed by atoms with Crippen LogP contribution in [0.25, 0.3) is 5.70 Å². The second kappa shape index (κ2) is 5.53. The summed E-state index contributed by atoms with van der Waals surface area (Å²) >= 11 is 5.89. The van der Waals surface area contributed by atoms with Crippen molar-refractivity contribution in [2.45, 2.75) is 6.43 Å². The third-order valence-electron chi connectivity index (χ3n) is 2.74. The molecule has 0 N–H and O–H groups in total. The number of nitrogens with zero attached hydrogens (tertiary/aromatic N) is 1. The molecule has 0 atom stereocenters. The zero-order chi connectivity index (χ0) is 14.0. The zero-order valence-corrected chi connectivity index (χ0v) is 10.7. The summed E-state index contributed by atoms with van der Waals surface area (Å²) < 4.78 is 38.2. The summed E-state index contributed by atoms with van der Waals surface area (Å²) in [4.78, 5) is 1.33. The van der Waals surface area contributed by atoms with Crippen LogP contribution in [0.3, 0.4) is 0 Å². The third kappa shape index (κ3) is 3.01. The van der Waals surface area contributed by atoms with E-state index in [1.165, 1.54) is 29.2 Å². The largest absolute Gasteiger partial charge is 0.334 e. The molecule has 2 rings (SSSR count). The van der Waals surface area contributed by atoms with Gasteiger partial charge in [-0.1, -0.05) is 18.2 Å². The first kappa shape index (κ1) is 13.7. The summed E-state index contributed by atoms with van der Waals surface area (Å²) in [5, 5.41) is 0.312. The highest BCUT2D eigenvalue weighted by molar-refractivity contribution is 6.32. The Morgan fingerprint density at radius 2 is 1.79 bits per heavy atom. The van der Waals surface area contributed by atoms with Crippen LogP contribution in [0, 0.1) is 5.82 Å². The van der Waals surface area contributed by atoms with E-state index in [0.29, 0.717) is 22.0 Å². The summed E-state index contributed by atoms with van der Waals surface area (Å²) in [5.41, 5.74) is 1.46. The van der Waals surface area contributed by atoms with Crippen LogP contribution in [-0.4, -0.2) is 17.9 Å². The first-order valence-electron chi connectivity index (χ1n) is 5.57. The van der Waals surface area contributed by atoms with Crippen molar-refractivity contribution < 1.29 is 13.2 Å². The van der Waals surface area contributed by atoms with E-state index < -0.39 is 13.0 Å². The minimum absolute atomic E-state index is 0.309. The highest BCUT2D eigenvalue weighted by Gasteiger charge is 2.23. The van der Waals surface area contributed by atoms with Crippen LogP contribution in [0.1, 0.15) is 5.56 Å². The lowest BCUT2D eigenvalue weighted by molar-refractivity contribution is 0.123. The van der Waals surface area contributed by atoms with Gasteiger partial charge in [-0.15, -0.1) is 0 Å². The van der Waals surface area contributed by atoms with Gasteiger partial charge in [-0.25, -0.2) is 13.2 Å². The quantitative estimate of drug-likeness (QED) is 0.796. The van der Waals surface area contributed by atoms with Crippen LogP contribution >= 0.6 is 11.6 Å². The Kier molecular flexibility index (Phi) is 4.00. The maximum atomic E-state index is 12.9. The molecule has 0 aliphatic carbocycles. The van der Waals surface area contributed by atoms with Crippen LogP contribution in [0.15, 0.2) is 53.7 Å². The second-order valence-electron chi connectivity index (χ2n) is 4.02. The monoisotopic (exact) mass is 285 g/mol. The molecule has 0 unspecified atom stereocenters. The molecule has 0 radical (unpaired) electrons. The molecule has 1 heterocycles. The number of allylic oxidation sites excluding steroid dienone is 3. The average Bonchev–Trinajstić information content (AvgIpc) is 2.36. The van der Waals surface area contributed by atoms with Gasteiger partial charge in [0.05, 0.1) is 17.3 Å². The number of rotatable bonds is 3. The molecule has 1 aliphatic heterocycles. The van der Waals surface area contributed by atoms with E-state index in [9.17, 15) is 13.2 Å². The van der Waals surface area contributed by atoms with Gasteiger partial charge in [0.1, 0.15) is 5.82 Å². The zero-order valence-electron chi connectivity index (χ0n) is 9.91. The Balaban J connectivity index is 2.39. The van der Waals surface area contributed by atoms with E-state index in [1.807, 2.05) is 0 Å². The smallest absolute Gasteiger partial charge is 0.256 e. The molecule has 100 valence electrons. The highest BCUT2D eigenvalue weighted by Crippen LogP contribution is 2.32. The second-order valence-corrected chi connectivity index (χ2v) is 4.43. The summed E-state index contributed by atoms with van der Waals surface area (Å²) in [6.45, 7) is 3.19. The number of benzene rings is 1. The van der Waals surface area contributed by atoms with Crippen molar-refractivity contribution in [3.05, 3.63) is 65.1 Å². The Morgan fingerprint density at radius 3 is 2.37 bits per heavy atom. The van der Waals surface area contributed by atoms with Gasteiger partial charge >= 0.3 is 0 Å². The van der Waals surface area contributed by atoms with Gasteiger partial charge in [-0.2, -0.15) is 0 Å². The van der Waals surface area contributed by atoms with Crippen molar-refractivity contribution >= 4 is 17.3 Å². The lowest BCUT2D eigenvalue weighted by atomic mass is 10.1. The number of hydrogen-bond donors (Lipinski definition) is 0. The van der Waals surface area contributed by atoms with Crippen molar-refractivity contribution in [1.29, 1.82) is 0 Å². The average molecular weight is 286 g/mol. The molecule has 0 saturated heterocycles. The Bertz CT molecular complexity index is 546. The lowest BCUT2D eigenvalue weighted by Crippen LogP contribution is -2.28. The SMILES string of the molecule is C=C1C(Cl)=CC=C(c2ccc(F)cc2)N1CC(F)F. The Labute approximate surface area is 114 Å². The van der Waals surface area contributed by atoms with Crippen molar-refractivity contribution in [2.24, 2.45) is 0 Å². The fourth-order valence-electron chi connectivity index (χ4n) is 1.83. The third-order valence-corrected chi connectivity index (χ3v) is 3.08. The number of alkyl halides is 2. The number of halogens is 4. The first-order chi connectivity index (χ1) is 8.99. The van der Waals surface area contributed by atoms with Crippen molar-refractivity contribution in [1.82, 2.24) is 4.90 Å². The van der Waals surface area contributed by atoms with Crippen molar-refractivity contribution in [2.75, 3.05) is 6.54 Å². The van der Waals surface area contributed by atoms with Crippen LogP contribution in [0.2, 0.25) is 0 Å². The molecule has 0 amide bonds. The summed E-state index contributed by atoms with van der Waals surface area (Å²) in [6, 6.07) is 5.61. The van der Waals surface area contributed by atoms with Gasteiger partial charge in [0.15, 0.2) is 0 Å². The Morgan fingerprint density at radius 1 is 1.16 bits per heavy atom. The summed E-state index contributed by atoms with van der Waals surface area (Å²) in [7, 11) is 0. The van der Waals surface area contributed by atoms with E-state index >= 15 is 0 Å². The molecular weight excluding hydrogens is 275 g/mol. The van der Waals surface area contributed by atoms with Crippen LogP contribution in [0.4, 0.5) is 13.2 Å². The minimum atomic E-state index is -2.52. The van der Waals surface area contributed by atoms with E-state index in [1.54, 1.807) is 12.2 Å². The Hall–Kier alpha value is -1.68. The molecule has 0 aromatic heterocycles. The molecular formula is C14H11ClF3N. The van der Waals surface area contributed by atoms with E-state index in [-0.39, 0.29) is 5.82 Å². The highest BCUT2D eigenvalue weighted by atomic mass is 35.5. The van der Waals surface area contributed by atoms with Crippen LogP contribution in [0.5, 0.6) is 0 Å². The fourth-order valence-corrected chi connectivity index (χ4v) is 2.00. The van der Waals surface area contributed by atoms with Gasteiger partial charge in [0, 0.05) is 5.70 Å². The molecule has 1 nitrogen and oxygen atoms in total. The van der Waals surface area contributed by atoms with Crippen LogP contribution < -0.4 is 0 Å². The predicted octanol–water partition coefficient (Wildman–Crippen LogP) is 4.38. The fraction of sp³-hybridized carbons (Fsp3) is 0.143. The topological polar surface area (TPSA) is 3.24 Å². The molecule has 19 heavy (non-hydrogen) atoms. The predicted molar refractivity (Wildman–Crippen MR) is 70.2 cm³/mol. The lowest BCUT2D eigenvalue weighted by Gasteiger charge is -2.31. The van der Waals surface area contributed by atoms with Gasteiger partial charge < -0.3 is 4.90 Å². The minimum Gasteiger partial charge on any atom is -0.334 e. The number of hydrogen-bond acceptors (Lipinski definition) is 1. The summed E-state index contributed by atoms with van der Waals surface area (Å²) in [6.07, 6.45) is 0.681. The molecule has 0 bridgehead atoms. The molecule has 1 aliphatic rings. The molecule has 0 spiro atoms. The van der Waals surface area contributed by atoms with Crippen molar-refractivity contribution in [3.8, 4) is 0 Å². The van der Waals surface area contributed by atoms with Gasteiger partial charge in [-0.05, 0) is 42.0 Å².